The molecule has 0 aliphatic carbocycles. The molecular weight excluding hydrogens is 864 g/mol. The summed E-state index contributed by atoms with van der Waals surface area (Å²) in [5.41, 5.74) is 0. The molecule has 1 aromatic rings. The monoisotopic (exact) mass is 886 g/mol. The molecule has 13 heteroatoms. The number of esters is 1. The number of aliphatic carboxylic acids is 1. The second-order valence-electron chi connectivity index (χ2n) is 2.70. The average Bonchev–Trinajstić information content (AvgIpc) is 3.08. The van der Waals surface area contributed by atoms with Crippen LogP contribution in [0.1, 0.15) is 25.6 Å². The van der Waals surface area contributed by atoms with Crippen molar-refractivity contribution in [3.05, 3.63) is 18.7 Å². The fourth-order valence-electron chi connectivity index (χ4n) is 0.445. The standard InChI is InChI=1S/C5H6N2O.C3H6O2.C2H4O2.3CH2O.3W/c1-5(8)7-3-2-6-4-7;1-3(4)5-2;1-2(3)4;3*1-2;;;/h2-4H,1H3;1-2H3;1H3,(H,3,4);3*1H2;;;. The van der Waals surface area contributed by atoms with Crippen LogP contribution in [0, 0.1) is 0 Å². The second kappa shape index (κ2) is 49.6. The van der Waals surface area contributed by atoms with Gasteiger partial charge in [-0.1, -0.05) is 0 Å². The minimum Gasteiger partial charge on any atom is -0.481 e. The van der Waals surface area contributed by atoms with E-state index < -0.39 is 5.97 Å². The fraction of sp³-hybridized carbons (Fsp3) is 0.308. The normalized spacial score (nSPS) is 5.54. The maximum atomic E-state index is 10.4. The third-order valence-electron chi connectivity index (χ3n) is 1.16. The van der Waals surface area contributed by atoms with Crippen LogP contribution < -0.4 is 0 Å². The minimum absolute atomic E-state index is 0. The number of carbonyl (C=O) groups excluding carboxylic acids is 5. The van der Waals surface area contributed by atoms with E-state index in [4.69, 9.17) is 24.3 Å². The van der Waals surface area contributed by atoms with Crippen LogP contribution in [0.4, 0.5) is 0 Å². The van der Waals surface area contributed by atoms with Crippen LogP contribution >= 0.6 is 0 Å². The van der Waals surface area contributed by atoms with E-state index in [2.05, 4.69) is 9.72 Å². The Kier molecular flexibility index (Phi) is 95.0. The topological polar surface area (TPSA) is 150 Å². The van der Waals surface area contributed by atoms with Gasteiger partial charge in [0.25, 0.3) is 5.97 Å². The molecule has 0 amide bonds. The van der Waals surface area contributed by atoms with E-state index in [9.17, 15) is 9.59 Å². The average molecular weight is 886 g/mol. The summed E-state index contributed by atoms with van der Waals surface area (Å²) >= 11 is 0. The number of hydrogen-bond donors (Lipinski definition) is 1. The third kappa shape index (κ3) is 77.6. The molecule has 0 bridgehead atoms. The van der Waals surface area contributed by atoms with Gasteiger partial charge in [0, 0.05) is 96.4 Å². The number of nitrogens with zero attached hydrogens (tertiary/aromatic N) is 2. The largest absolute Gasteiger partial charge is 0.481 e. The summed E-state index contributed by atoms with van der Waals surface area (Å²) in [6, 6.07) is 0. The molecule has 26 heavy (non-hydrogen) atoms. The summed E-state index contributed by atoms with van der Waals surface area (Å²) in [4.78, 5) is 56.7. The van der Waals surface area contributed by atoms with Gasteiger partial charge in [-0.2, -0.15) is 0 Å². The van der Waals surface area contributed by atoms with E-state index in [0.29, 0.717) is 0 Å². The molecular formula is C13H22N2O8W3. The zero-order valence-corrected chi connectivity index (χ0v) is 23.6. The molecule has 0 aliphatic heterocycles. The quantitative estimate of drug-likeness (QED) is 0.363. The Morgan fingerprint density at radius 1 is 0.923 bits per heavy atom. The van der Waals surface area contributed by atoms with Crippen molar-refractivity contribution >= 4 is 38.2 Å². The molecule has 0 atom stereocenters. The van der Waals surface area contributed by atoms with Crippen LogP contribution in [0.25, 0.3) is 0 Å². The number of carbonyl (C=O) groups is 6. The molecule has 150 valence electrons. The van der Waals surface area contributed by atoms with Gasteiger partial charge in [-0.05, 0) is 0 Å². The first-order valence-corrected chi connectivity index (χ1v) is 5.40. The summed E-state index contributed by atoms with van der Waals surface area (Å²) in [5, 5.41) is 7.42. The van der Waals surface area contributed by atoms with Crippen molar-refractivity contribution in [2.75, 3.05) is 7.11 Å². The van der Waals surface area contributed by atoms with Crippen LogP contribution in [0.15, 0.2) is 18.7 Å². The molecule has 0 unspecified atom stereocenters. The number of carboxylic acid groups (broad SMARTS) is 1. The van der Waals surface area contributed by atoms with Crippen LogP contribution in [0.5, 0.6) is 0 Å². The molecule has 0 radical (unpaired) electrons. The van der Waals surface area contributed by atoms with Crippen molar-refractivity contribution in [2.24, 2.45) is 0 Å². The van der Waals surface area contributed by atoms with E-state index in [0.717, 1.165) is 6.92 Å². The molecule has 0 aromatic carbocycles. The van der Waals surface area contributed by atoms with Crippen molar-refractivity contribution < 1.29 is 102 Å². The number of imidazole rings is 1. The van der Waals surface area contributed by atoms with E-state index in [1.807, 2.05) is 20.4 Å². The van der Waals surface area contributed by atoms with E-state index in [-0.39, 0.29) is 75.1 Å². The molecule has 1 N–H and O–H groups in total. The molecule has 0 saturated carbocycles. The zero-order valence-electron chi connectivity index (χ0n) is 14.8. The first-order chi connectivity index (χ1) is 10.8. The van der Waals surface area contributed by atoms with E-state index in [1.165, 1.54) is 31.9 Å². The van der Waals surface area contributed by atoms with Crippen molar-refractivity contribution in [3.8, 4) is 0 Å². The first kappa shape index (κ1) is 49.8. The molecule has 1 heterocycles. The molecule has 0 saturated heterocycles. The smallest absolute Gasteiger partial charge is 0.302 e. The maximum Gasteiger partial charge on any atom is 0.302 e. The van der Waals surface area contributed by atoms with Crippen molar-refractivity contribution in [2.45, 2.75) is 20.8 Å². The SMILES string of the molecule is C=O.C=O.C=O.CC(=O)O.CC(=O)n1ccnc1.COC(C)=O.[W].[W].[W]. The number of aromatic nitrogens is 2. The molecule has 0 fully saturated rings. The number of ether oxygens (including phenoxy) is 1. The molecule has 0 spiro atoms. The Morgan fingerprint density at radius 3 is 1.27 bits per heavy atom. The molecule has 0 aliphatic rings. The van der Waals surface area contributed by atoms with Gasteiger partial charge in [-0.15, -0.1) is 0 Å². The van der Waals surface area contributed by atoms with Crippen molar-refractivity contribution in [3.63, 3.8) is 0 Å². The third-order valence-corrected chi connectivity index (χ3v) is 1.16. The van der Waals surface area contributed by atoms with Gasteiger partial charge >= 0.3 is 5.97 Å². The molecule has 1 rings (SSSR count). The number of rotatable bonds is 0. The van der Waals surface area contributed by atoms with Gasteiger partial charge in [0.15, 0.2) is 0 Å². The zero-order chi connectivity index (χ0) is 19.8. The van der Waals surface area contributed by atoms with Crippen molar-refractivity contribution in [1.82, 2.24) is 9.55 Å². The molecule has 1 aromatic heterocycles. The van der Waals surface area contributed by atoms with Crippen LogP contribution in [-0.2, 0) is 91.9 Å². The Morgan fingerprint density at radius 2 is 1.19 bits per heavy atom. The van der Waals surface area contributed by atoms with Crippen LogP contribution in [-0.4, -0.2) is 60.0 Å². The summed E-state index contributed by atoms with van der Waals surface area (Å²) in [7, 11) is 1.35. The number of hydrogen-bond acceptors (Lipinski definition) is 8. The molecule has 10 nitrogen and oxygen atoms in total. The van der Waals surface area contributed by atoms with Gasteiger partial charge in [-0.3, -0.25) is 19.0 Å². The fourth-order valence-corrected chi connectivity index (χ4v) is 0.445. The summed E-state index contributed by atoms with van der Waals surface area (Å²) in [6.07, 6.45) is 4.66. The summed E-state index contributed by atoms with van der Waals surface area (Å²) in [5.74, 6) is -1.09. The van der Waals surface area contributed by atoms with E-state index in [1.54, 1.807) is 12.4 Å². The van der Waals surface area contributed by atoms with Gasteiger partial charge in [0.1, 0.15) is 26.7 Å². The Balaban J connectivity index is -0.0000000269. The van der Waals surface area contributed by atoms with Crippen molar-refractivity contribution in [1.29, 1.82) is 0 Å². The number of carboxylic acids is 1. The summed E-state index contributed by atoms with van der Waals surface area (Å²) < 4.78 is 5.53. The van der Waals surface area contributed by atoms with Gasteiger partial charge < -0.3 is 24.2 Å². The Hall–Kier alpha value is -1.11. The number of methoxy groups -OCH3 is 1. The van der Waals surface area contributed by atoms with Gasteiger partial charge in [0.05, 0.1) is 7.11 Å². The van der Waals surface area contributed by atoms with E-state index >= 15 is 0 Å². The van der Waals surface area contributed by atoms with Gasteiger partial charge in [0.2, 0.25) is 5.91 Å². The Bertz CT molecular complexity index is 397. The first-order valence-electron chi connectivity index (χ1n) is 5.40. The summed E-state index contributed by atoms with van der Waals surface area (Å²) in [6.45, 7) is 9.93. The Labute approximate surface area is 195 Å². The van der Waals surface area contributed by atoms with Crippen LogP contribution in [0.3, 0.4) is 0 Å². The predicted octanol–water partition coefficient (Wildman–Crippen LogP) is 0.251. The minimum atomic E-state index is -0.833. The second-order valence-corrected chi connectivity index (χ2v) is 2.70. The maximum absolute atomic E-state index is 10.4. The van der Waals surface area contributed by atoms with Gasteiger partial charge in [-0.25, -0.2) is 4.98 Å². The predicted molar refractivity (Wildman–Crippen MR) is 80.9 cm³/mol. The van der Waals surface area contributed by atoms with Crippen LogP contribution in [0.2, 0.25) is 0 Å².